The van der Waals surface area contributed by atoms with E-state index in [1.165, 1.54) is 18.2 Å². The molecule has 2 heterocycles. The second-order valence-electron chi connectivity index (χ2n) is 6.57. The number of benzene rings is 1. The summed E-state index contributed by atoms with van der Waals surface area (Å²) in [7, 11) is 0. The molecule has 2 aliphatic rings. The maximum Gasteiger partial charge on any atom is 0.335 e. The van der Waals surface area contributed by atoms with Crippen LogP contribution in [-0.4, -0.2) is 53.2 Å². The highest BCUT2D eigenvalue weighted by Gasteiger charge is 2.37. The van der Waals surface area contributed by atoms with Crippen molar-refractivity contribution in [3.8, 4) is 11.8 Å². The summed E-state index contributed by atoms with van der Waals surface area (Å²) in [6.45, 7) is 0.919. The first-order valence-corrected chi connectivity index (χ1v) is 8.99. The molecule has 2 saturated heterocycles. The normalized spacial score (nSPS) is 25.1. The SMILES string of the molecule is N#C[C@@H]1CCCN1C(=O)[C@@H]1CC[C@H](COc2cc(C(=O)O)ccc2Cl)N1. The Balaban J connectivity index is 1.55. The summed E-state index contributed by atoms with van der Waals surface area (Å²) in [4.78, 5) is 25.3. The smallest absolute Gasteiger partial charge is 0.335 e. The van der Waals surface area contributed by atoms with Crippen LogP contribution in [0.5, 0.6) is 5.75 Å². The van der Waals surface area contributed by atoms with Crippen molar-refractivity contribution < 1.29 is 19.4 Å². The lowest BCUT2D eigenvalue weighted by Crippen LogP contribution is -2.47. The molecule has 3 rings (SSSR count). The number of carbonyl (C=O) groups is 2. The van der Waals surface area contributed by atoms with Gasteiger partial charge in [-0.1, -0.05) is 11.6 Å². The van der Waals surface area contributed by atoms with E-state index in [1.54, 1.807) is 4.90 Å². The van der Waals surface area contributed by atoms with E-state index >= 15 is 0 Å². The van der Waals surface area contributed by atoms with Gasteiger partial charge >= 0.3 is 5.97 Å². The number of halogens is 1. The summed E-state index contributed by atoms with van der Waals surface area (Å²) in [5, 5.41) is 21.8. The van der Waals surface area contributed by atoms with Crippen molar-refractivity contribution in [2.45, 2.75) is 43.8 Å². The Labute approximate surface area is 156 Å². The average molecular weight is 378 g/mol. The van der Waals surface area contributed by atoms with Gasteiger partial charge in [0.25, 0.3) is 0 Å². The fourth-order valence-corrected chi connectivity index (χ4v) is 3.62. The van der Waals surface area contributed by atoms with Gasteiger partial charge in [0.1, 0.15) is 18.4 Å². The van der Waals surface area contributed by atoms with Gasteiger partial charge in [-0.2, -0.15) is 5.26 Å². The van der Waals surface area contributed by atoms with E-state index < -0.39 is 5.97 Å². The first-order chi connectivity index (χ1) is 12.5. The van der Waals surface area contributed by atoms with E-state index in [2.05, 4.69) is 11.4 Å². The predicted octanol–water partition coefficient (Wildman–Crippen LogP) is 2.05. The van der Waals surface area contributed by atoms with Crippen LogP contribution in [0.3, 0.4) is 0 Å². The highest BCUT2D eigenvalue weighted by Crippen LogP contribution is 2.27. The zero-order chi connectivity index (χ0) is 18.7. The molecule has 0 spiro atoms. The molecule has 1 aromatic rings. The number of rotatable bonds is 5. The molecule has 138 valence electrons. The number of aromatic carboxylic acids is 1. The van der Waals surface area contributed by atoms with Crippen LogP contribution in [0.1, 0.15) is 36.0 Å². The molecule has 2 aliphatic heterocycles. The third-order valence-electron chi connectivity index (χ3n) is 4.84. The van der Waals surface area contributed by atoms with Crippen molar-refractivity contribution >= 4 is 23.5 Å². The highest BCUT2D eigenvalue weighted by atomic mass is 35.5. The van der Waals surface area contributed by atoms with Gasteiger partial charge < -0.3 is 14.7 Å². The second-order valence-corrected chi connectivity index (χ2v) is 6.98. The molecule has 1 aromatic carbocycles. The zero-order valence-corrected chi connectivity index (χ0v) is 14.9. The Morgan fingerprint density at radius 3 is 2.92 bits per heavy atom. The lowest BCUT2D eigenvalue weighted by atomic mass is 10.1. The third-order valence-corrected chi connectivity index (χ3v) is 5.15. The molecular formula is C18H20ClN3O4. The quantitative estimate of drug-likeness (QED) is 0.814. The number of nitrogens with zero attached hydrogens (tertiary/aromatic N) is 2. The number of nitriles is 1. The monoisotopic (exact) mass is 377 g/mol. The minimum absolute atomic E-state index is 0.0255. The minimum Gasteiger partial charge on any atom is -0.490 e. The van der Waals surface area contributed by atoms with Crippen molar-refractivity contribution in [1.29, 1.82) is 5.26 Å². The van der Waals surface area contributed by atoms with Crippen LogP contribution in [0, 0.1) is 11.3 Å². The molecule has 8 heteroatoms. The van der Waals surface area contributed by atoms with E-state index in [9.17, 15) is 9.59 Å². The van der Waals surface area contributed by atoms with Crippen LogP contribution in [0.25, 0.3) is 0 Å². The lowest BCUT2D eigenvalue weighted by Gasteiger charge is -2.24. The summed E-state index contributed by atoms with van der Waals surface area (Å²) in [5.74, 6) is -0.761. The maximum atomic E-state index is 12.6. The summed E-state index contributed by atoms with van der Waals surface area (Å²) < 4.78 is 5.67. The lowest BCUT2D eigenvalue weighted by molar-refractivity contribution is -0.133. The molecule has 1 amide bonds. The summed E-state index contributed by atoms with van der Waals surface area (Å²) in [5.41, 5.74) is 0.105. The first-order valence-electron chi connectivity index (χ1n) is 8.61. The number of carboxylic acids is 1. The van der Waals surface area contributed by atoms with Crippen LogP contribution in [0.15, 0.2) is 18.2 Å². The van der Waals surface area contributed by atoms with Crippen LogP contribution in [-0.2, 0) is 4.79 Å². The molecule has 0 aromatic heterocycles. The van der Waals surface area contributed by atoms with Gasteiger partial charge in [0.15, 0.2) is 0 Å². The Hall–Kier alpha value is -2.30. The molecule has 7 nitrogen and oxygen atoms in total. The second kappa shape index (κ2) is 7.94. The third kappa shape index (κ3) is 3.92. The predicted molar refractivity (Wildman–Crippen MR) is 94.2 cm³/mol. The van der Waals surface area contributed by atoms with Crippen LogP contribution in [0.2, 0.25) is 5.02 Å². The van der Waals surface area contributed by atoms with E-state index in [0.717, 1.165) is 19.3 Å². The fraction of sp³-hybridized carbons (Fsp3) is 0.500. The number of hydrogen-bond acceptors (Lipinski definition) is 5. The molecule has 0 unspecified atom stereocenters. The van der Waals surface area contributed by atoms with Crippen molar-refractivity contribution in [3.63, 3.8) is 0 Å². The first kappa shape index (κ1) is 18.5. The molecule has 2 N–H and O–H groups in total. The van der Waals surface area contributed by atoms with Gasteiger partial charge in [0, 0.05) is 12.6 Å². The number of likely N-dealkylation sites (tertiary alicyclic amines) is 1. The Bertz CT molecular complexity index is 748. The van der Waals surface area contributed by atoms with Gasteiger partial charge in [-0.3, -0.25) is 10.1 Å². The van der Waals surface area contributed by atoms with Crippen molar-refractivity contribution in [1.82, 2.24) is 10.2 Å². The largest absolute Gasteiger partial charge is 0.490 e. The van der Waals surface area contributed by atoms with E-state index in [0.29, 0.717) is 23.7 Å². The number of nitrogens with one attached hydrogen (secondary N) is 1. The number of hydrogen-bond donors (Lipinski definition) is 2. The molecule has 0 bridgehead atoms. The molecule has 0 radical (unpaired) electrons. The van der Waals surface area contributed by atoms with Crippen molar-refractivity contribution in [2.24, 2.45) is 0 Å². The van der Waals surface area contributed by atoms with Crippen LogP contribution in [0.4, 0.5) is 0 Å². The van der Waals surface area contributed by atoms with E-state index in [4.69, 9.17) is 26.7 Å². The fourth-order valence-electron chi connectivity index (χ4n) is 3.45. The van der Waals surface area contributed by atoms with Gasteiger partial charge in [-0.05, 0) is 43.9 Å². The molecule has 3 atom stereocenters. The van der Waals surface area contributed by atoms with Gasteiger partial charge in [-0.15, -0.1) is 0 Å². The number of ether oxygens (including phenoxy) is 1. The number of carbonyl (C=O) groups excluding carboxylic acids is 1. The Morgan fingerprint density at radius 2 is 2.19 bits per heavy atom. The van der Waals surface area contributed by atoms with Gasteiger partial charge in [0.05, 0.1) is 22.7 Å². The average Bonchev–Trinajstić information content (AvgIpc) is 3.29. The topological polar surface area (TPSA) is 103 Å². The molecule has 2 fully saturated rings. The summed E-state index contributed by atoms with van der Waals surface area (Å²) in [6.07, 6.45) is 3.05. The summed E-state index contributed by atoms with van der Waals surface area (Å²) in [6, 6.07) is 5.83. The Kier molecular flexibility index (Phi) is 5.64. The van der Waals surface area contributed by atoms with Crippen LogP contribution < -0.4 is 10.1 Å². The molecular weight excluding hydrogens is 358 g/mol. The molecule has 0 saturated carbocycles. The molecule has 0 aliphatic carbocycles. The number of amides is 1. The Morgan fingerprint density at radius 1 is 1.38 bits per heavy atom. The standard InChI is InChI=1S/C18H20ClN3O4/c19-14-5-3-11(18(24)25)8-16(14)26-10-12-4-6-15(21-12)17(23)22-7-1-2-13(22)9-20/h3,5,8,12-13,15,21H,1-2,4,6-7,10H2,(H,24,25)/t12-,13+,15+/m1/s1. The van der Waals surface area contributed by atoms with E-state index in [-0.39, 0.29) is 36.2 Å². The van der Waals surface area contributed by atoms with Gasteiger partial charge in [-0.25, -0.2) is 4.79 Å². The van der Waals surface area contributed by atoms with Crippen molar-refractivity contribution in [3.05, 3.63) is 28.8 Å². The van der Waals surface area contributed by atoms with Gasteiger partial charge in [0.2, 0.25) is 5.91 Å². The van der Waals surface area contributed by atoms with Crippen LogP contribution >= 0.6 is 11.6 Å². The maximum absolute atomic E-state index is 12.6. The highest BCUT2D eigenvalue weighted by molar-refractivity contribution is 6.32. The van der Waals surface area contributed by atoms with E-state index in [1.807, 2.05) is 0 Å². The summed E-state index contributed by atoms with van der Waals surface area (Å²) >= 11 is 6.05. The molecule has 26 heavy (non-hydrogen) atoms. The zero-order valence-electron chi connectivity index (χ0n) is 14.2. The number of carboxylic acid groups (broad SMARTS) is 1. The van der Waals surface area contributed by atoms with Crippen molar-refractivity contribution in [2.75, 3.05) is 13.2 Å². The minimum atomic E-state index is -1.05.